The molecule has 0 bridgehead atoms. The molecule has 0 aliphatic heterocycles. The van der Waals surface area contributed by atoms with Gasteiger partial charge in [-0.15, -0.1) is 32.9 Å². The molecule has 1 unspecified atom stereocenters. The van der Waals surface area contributed by atoms with Crippen LogP contribution in [0.3, 0.4) is 0 Å². The van der Waals surface area contributed by atoms with Crippen molar-refractivity contribution in [2.75, 3.05) is 0 Å². The van der Waals surface area contributed by atoms with Gasteiger partial charge in [0.25, 0.3) is 0 Å². The monoisotopic (exact) mass is 381 g/mol. The lowest BCUT2D eigenvalue weighted by Gasteiger charge is -2.17. The standard InChI is InChI=1S/C18H15N5OS2/c24-16(12-23-21-18(20-22-23)15-9-5-11-26-15)19-17(14-8-4-10-25-14)13-6-2-1-3-7-13/h1-11,17H,12H2,(H,19,24). The summed E-state index contributed by atoms with van der Waals surface area (Å²) in [4.78, 5) is 15.9. The van der Waals surface area contributed by atoms with E-state index in [-0.39, 0.29) is 18.5 Å². The van der Waals surface area contributed by atoms with Crippen molar-refractivity contribution in [1.29, 1.82) is 0 Å². The number of thiophene rings is 2. The zero-order chi connectivity index (χ0) is 17.8. The first-order chi connectivity index (χ1) is 12.8. The number of hydrogen-bond donors (Lipinski definition) is 1. The van der Waals surface area contributed by atoms with Gasteiger partial charge in [-0.3, -0.25) is 4.79 Å². The van der Waals surface area contributed by atoms with Gasteiger partial charge >= 0.3 is 0 Å². The molecule has 26 heavy (non-hydrogen) atoms. The van der Waals surface area contributed by atoms with Crippen LogP contribution in [-0.4, -0.2) is 26.1 Å². The van der Waals surface area contributed by atoms with E-state index in [1.807, 2.05) is 65.4 Å². The van der Waals surface area contributed by atoms with Gasteiger partial charge in [-0.2, -0.15) is 4.80 Å². The Labute approximate surface area is 158 Å². The number of benzene rings is 1. The number of nitrogens with zero attached hydrogens (tertiary/aromatic N) is 4. The van der Waals surface area contributed by atoms with Gasteiger partial charge in [-0.1, -0.05) is 42.5 Å². The number of aromatic nitrogens is 4. The van der Waals surface area contributed by atoms with E-state index in [0.29, 0.717) is 5.82 Å². The molecule has 3 heterocycles. The number of hydrogen-bond acceptors (Lipinski definition) is 6. The van der Waals surface area contributed by atoms with Gasteiger partial charge < -0.3 is 5.32 Å². The number of carbonyl (C=O) groups excluding carboxylic acids is 1. The van der Waals surface area contributed by atoms with E-state index < -0.39 is 0 Å². The SMILES string of the molecule is O=C(Cn1nnc(-c2cccs2)n1)NC(c1ccccc1)c1cccs1. The zero-order valence-electron chi connectivity index (χ0n) is 13.6. The van der Waals surface area contributed by atoms with Crippen molar-refractivity contribution in [3.8, 4) is 10.7 Å². The molecule has 4 aromatic rings. The first-order valence-corrected chi connectivity index (χ1v) is 9.75. The van der Waals surface area contributed by atoms with E-state index in [1.165, 1.54) is 16.1 Å². The Morgan fingerprint density at radius 3 is 2.58 bits per heavy atom. The Balaban J connectivity index is 1.49. The number of rotatable bonds is 6. The zero-order valence-corrected chi connectivity index (χ0v) is 15.3. The summed E-state index contributed by atoms with van der Waals surface area (Å²) in [5, 5.41) is 19.3. The van der Waals surface area contributed by atoms with E-state index in [2.05, 4.69) is 20.7 Å². The third kappa shape index (κ3) is 3.71. The normalized spacial score (nSPS) is 12.0. The van der Waals surface area contributed by atoms with Crippen molar-refractivity contribution in [3.05, 3.63) is 75.8 Å². The van der Waals surface area contributed by atoms with Crippen LogP contribution in [0.5, 0.6) is 0 Å². The van der Waals surface area contributed by atoms with Gasteiger partial charge in [0, 0.05) is 4.88 Å². The first-order valence-electron chi connectivity index (χ1n) is 7.99. The molecule has 1 N–H and O–H groups in total. The second kappa shape index (κ2) is 7.59. The molecule has 130 valence electrons. The molecule has 3 aromatic heterocycles. The topological polar surface area (TPSA) is 72.7 Å². The molecule has 0 radical (unpaired) electrons. The minimum Gasteiger partial charge on any atom is -0.343 e. The second-order valence-electron chi connectivity index (χ2n) is 5.55. The lowest BCUT2D eigenvalue weighted by atomic mass is 10.1. The summed E-state index contributed by atoms with van der Waals surface area (Å²) in [7, 11) is 0. The van der Waals surface area contributed by atoms with Crippen LogP contribution >= 0.6 is 22.7 Å². The van der Waals surface area contributed by atoms with Crippen LogP contribution in [0, 0.1) is 0 Å². The van der Waals surface area contributed by atoms with Crippen LogP contribution in [0.15, 0.2) is 65.4 Å². The number of tetrazole rings is 1. The Morgan fingerprint density at radius 2 is 1.85 bits per heavy atom. The predicted octanol–water partition coefficient (Wildman–Crippen LogP) is 3.37. The fraction of sp³-hybridized carbons (Fsp3) is 0.111. The highest BCUT2D eigenvalue weighted by Crippen LogP contribution is 2.26. The van der Waals surface area contributed by atoms with Crippen LogP contribution in [0.4, 0.5) is 0 Å². The molecule has 1 aromatic carbocycles. The van der Waals surface area contributed by atoms with Crippen LogP contribution in [0.25, 0.3) is 10.7 Å². The summed E-state index contributed by atoms with van der Waals surface area (Å²) >= 11 is 3.15. The van der Waals surface area contributed by atoms with E-state index in [4.69, 9.17) is 0 Å². The minimum atomic E-state index is -0.191. The minimum absolute atomic E-state index is 0.0209. The second-order valence-corrected chi connectivity index (χ2v) is 7.47. The van der Waals surface area contributed by atoms with Crippen molar-refractivity contribution in [2.45, 2.75) is 12.6 Å². The fourth-order valence-electron chi connectivity index (χ4n) is 2.57. The smallest absolute Gasteiger partial charge is 0.244 e. The predicted molar refractivity (Wildman–Crippen MR) is 102 cm³/mol. The average Bonchev–Trinajstić information content (AvgIpc) is 3.41. The summed E-state index contributed by atoms with van der Waals surface area (Å²) in [6.45, 7) is 0.0209. The Bertz CT molecular complexity index is 964. The van der Waals surface area contributed by atoms with Crippen molar-refractivity contribution in [3.63, 3.8) is 0 Å². The van der Waals surface area contributed by atoms with Gasteiger partial charge in [-0.25, -0.2) is 0 Å². The summed E-state index contributed by atoms with van der Waals surface area (Å²) in [5.74, 6) is 0.369. The third-order valence-electron chi connectivity index (χ3n) is 3.75. The molecule has 0 fully saturated rings. The van der Waals surface area contributed by atoms with Crippen molar-refractivity contribution < 1.29 is 4.79 Å². The quantitative estimate of drug-likeness (QED) is 0.556. The molecule has 1 atom stereocenters. The molecule has 0 saturated heterocycles. The number of amides is 1. The van der Waals surface area contributed by atoms with Crippen LogP contribution in [-0.2, 0) is 11.3 Å². The number of nitrogens with one attached hydrogen (secondary N) is 1. The van der Waals surface area contributed by atoms with Crippen molar-refractivity contribution >= 4 is 28.6 Å². The van der Waals surface area contributed by atoms with Gasteiger partial charge in [0.05, 0.1) is 10.9 Å². The van der Waals surface area contributed by atoms with Crippen LogP contribution in [0.1, 0.15) is 16.5 Å². The fourth-order valence-corrected chi connectivity index (χ4v) is 4.02. The molecule has 4 rings (SSSR count). The molecule has 8 heteroatoms. The van der Waals surface area contributed by atoms with Gasteiger partial charge in [-0.05, 0) is 33.7 Å². The molecular formula is C18H15N5OS2. The lowest BCUT2D eigenvalue weighted by molar-refractivity contribution is -0.122. The van der Waals surface area contributed by atoms with E-state index >= 15 is 0 Å². The molecule has 6 nitrogen and oxygen atoms in total. The highest BCUT2D eigenvalue weighted by Gasteiger charge is 2.18. The maximum absolute atomic E-state index is 12.6. The largest absolute Gasteiger partial charge is 0.343 e. The Kier molecular flexibility index (Phi) is 4.85. The molecule has 1 amide bonds. The Morgan fingerprint density at radius 1 is 1.04 bits per heavy atom. The van der Waals surface area contributed by atoms with Crippen LogP contribution in [0.2, 0.25) is 0 Å². The van der Waals surface area contributed by atoms with Crippen molar-refractivity contribution in [2.24, 2.45) is 0 Å². The Hall–Kier alpha value is -2.84. The summed E-state index contributed by atoms with van der Waals surface area (Å²) in [5.41, 5.74) is 1.04. The third-order valence-corrected chi connectivity index (χ3v) is 5.55. The van der Waals surface area contributed by atoms with Gasteiger partial charge in [0.1, 0.15) is 6.54 Å². The van der Waals surface area contributed by atoms with E-state index in [0.717, 1.165) is 15.3 Å². The molecule has 0 spiro atoms. The van der Waals surface area contributed by atoms with Crippen LogP contribution < -0.4 is 5.32 Å². The highest BCUT2D eigenvalue weighted by atomic mass is 32.1. The first kappa shape index (κ1) is 16.6. The average molecular weight is 381 g/mol. The summed E-state index contributed by atoms with van der Waals surface area (Å²) in [6.07, 6.45) is 0. The summed E-state index contributed by atoms with van der Waals surface area (Å²) in [6, 6.07) is 17.6. The molecular weight excluding hydrogens is 366 g/mol. The number of carbonyl (C=O) groups is 1. The molecule has 0 aliphatic carbocycles. The van der Waals surface area contributed by atoms with E-state index in [9.17, 15) is 4.79 Å². The highest BCUT2D eigenvalue weighted by molar-refractivity contribution is 7.13. The van der Waals surface area contributed by atoms with Gasteiger partial charge in [0.2, 0.25) is 11.7 Å². The summed E-state index contributed by atoms with van der Waals surface area (Å²) < 4.78 is 0. The van der Waals surface area contributed by atoms with Crippen molar-refractivity contribution in [1.82, 2.24) is 25.5 Å². The lowest BCUT2D eigenvalue weighted by Crippen LogP contribution is -2.32. The maximum atomic E-state index is 12.6. The molecule has 0 saturated carbocycles. The molecule has 0 aliphatic rings. The van der Waals surface area contributed by atoms with E-state index in [1.54, 1.807) is 11.3 Å². The maximum Gasteiger partial charge on any atom is 0.244 e. The van der Waals surface area contributed by atoms with Gasteiger partial charge in [0.15, 0.2) is 0 Å².